The predicted molar refractivity (Wildman–Crippen MR) is 91.7 cm³/mol. The molecule has 1 aromatic rings. The number of hydrogen-bond donors (Lipinski definition) is 0. The molecule has 122 valence electrons. The zero-order chi connectivity index (χ0) is 15.7. The van der Waals surface area contributed by atoms with Crippen LogP contribution in [0.15, 0.2) is 12.4 Å². The van der Waals surface area contributed by atoms with E-state index in [4.69, 9.17) is 0 Å². The summed E-state index contributed by atoms with van der Waals surface area (Å²) < 4.78 is 5.02. The summed E-state index contributed by atoms with van der Waals surface area (Å²) in [7, 11) is 0. The van der Waals surface area contributed by atoms with Gasteiger partial charge in [0.25, 0.3) is 5.82 Å². The molecule has 1 atom stereocenters. The molecule has 0 fully saturated rings. The number of nitrogens with zero attached hydrogens (tertiary/aromatic N) is 2. The van der Waals surface area contributed by atoms with E-state index in [9.17, 15) is 0 Å². The molecule has 0 aliphatic rings. The zero-order valence-corrected chi connectivity index (χ0v) is 15.1. The highest BCUT2D eigenvalue weighted by Gasteiger charge is 2.23. The van der Waals surface area contributed by atoms with Gasteiger partial charge in [-0.25, -0.2) is 9.13 Å². The topological polar surface area (TPSA) is 8.81 Å². The van der Waals surface area contributed by atoms with Crippen LogP contribution in [0.5, 0.6) is 0 Å². The van der Waals surface area contributed by atoms with Crippen LogP contribution in [0.3, 0.4) is 0 Å². The van der Waals surface area contributed by atoms with Crippen LogP contribution in [0.2, 0.25) is 0 Å². The smallest absolute Gasteiger partial charge is 0.234 e. The molecule has 1 unspecified atom stereocenters. The Labute approximate surface area is 132 Å². The van der Waals surface area contributed by atoms with E-state index in [1.807, 2.05) is 0 Å². The van der Waals surface area contributed by atoms with Gasteiger partial charge in [-0.15, -0.1) is 0 Å². The lowest BCUT2D eigenvalue weighted by Gasteiger charge is -2.13. The summed E-state index contributed by atoms with van der Waals surface area (Å²) in [6.07, 6.45) is 15.3. The number of aryl methyl sites for hydroxylation is 1. The molecule has 0 amide bonds. The van der Waals surface area contributed by atoms with E-state index in [0.29, 0.717) is 12.0 Å². The third-order valence-electron chi connectivity index (χ3n) is 4.44. The minimum atomic E-state index is 0.597. The van der Waals surface area contributed by atoms with Crippen molar-refractivity contribution in [3.8, 4) is 0 Å². The standard InChI is InChI=1S/C19H37N2/c1-6-8-10-11-12-14-20-15-16-21(19(20)17(3)4)18(5)13-9-7-2/h15-18H,6-14H2,1-5H3/q+1. The minimum Gasteiger partial charge on any atom is -0.234 e. The van der Waals surface area contributed by atoms with Crippen LogP contribution in [-0.4, -0.2) is 4.57 Å². The summed E-state index contributed by atoms with van der Waals surface area (Å²) in [5.74, 6) is 2.11. The predicted octanol–water partition coefficient (Wildman–Crippen LogP) is 5.62. The van der Waals surface area contributed by atoms with Crippen LogP contribution in [0.1, 0.15) is 104 Å². The van der Waals surface area contributed by atoms with Crippen LogP contribution in [0.25, 0.3) is 0 Å². The molecule has 0 N–H and O–H groups in total. The van der Waals surface area contributed by atoms with Crippen LogP contribution in [0, 0.1) is 0 Å². The highest BCUT2D eigenvalue weighted by molar-refractivity contribution is 4.90. The van der Waals surface area contributed by atoms with Gasteiger partial charge in [-0.2, -0.15) is 0 Å². The summed E-state index contributed by atoms with van der Waals surface area (Å²) in [6, 6.07) is 0.628. The first-order chi connectivity index (χ1) is 10.1. The molecule has 0 spiro atoms. The van der Waals surface area contributed by atoms with Gasteiger partial charge in [0.1, 0.15) is 12.4 Å². The van der Waals surface area contributed by atoms with E-state index in [1.165, 1.54) is 63.7 Å². The summed E-state index contributed by atoms with van der Waals surface area (Å²) in [4.78, 5) is 0. The first-order valence-electron chi connectivity index (χ1n) is 9.21. The van der Waals surface area contributed by atoms with Crippen molar-refractivity contribution in [2.75, 3.05) is 0 Å². The molecule has 2 heteroatoms. The van der Waals surface area contributed by atoms with Gasteiger partial charge < -0.3 is 0 Å². The van der Waals surface area contributed by atoms with Crippen molar-refractivity contribution in [2.24, 2.45) is 0 Å². The van der Waals surface area contributed by atoms with Crippen molar-refractivity contribution in [3.63, 3.8) is 0 Å². The molecule has 0 aliphatic heterocycles. The van der Waals surface area contributed by atoms with Gasteiger partial charge in [0, 0.05) is 0 Å². The normalized spacial score (nSPS) is 13.0. The lowest BCUT2D eigenvalue weighted by Crippen LogP contribution is -2.41. The van der Waals surface area contributed by atoms with Crippen molar-refractivity contribution >= 4 is 0 Å². The maximum Gasteiger partial charge on any atom is 0.259 e. The second kappa shape index (κ2) is 10.0. The first-order valence-corrected chi connectivity index (χ1v) is 9.21. The molecule has 0 aliphatic carbocycles. The Kier molecular flexibility index (Phi) is 8.72. The van der Waals surface area contributed by atoms with E-state index in [-0.39, 0.29) is 0 Å². The molecule has 0 aromatic carbocycles. The van der Waals surface area contributed by atoms with Crippen molar-refractivity contribution in [1.82, 2.24) is 4.57 Å². The first kappa shape index (κ1) is 18.3. The molecule has 21 heavy (non-hydrogen) atoms. The van der Waals surface area contributed by atoms with Crippen molar-refractivity contribution in [3.05, 3.63) is 18.2 Å². The third-order valence-corrected chi connectivity index (χ3v) is 4.44. The quantitative estimate of drug-likeness (QED) is 0.370. The van der Waals surface area contributed by atoms with E-state index < -0.39 is 0 Å². The molecule has 0 saturated heterocycles. The van der Waals surface area contributed by atoms with E-state index in [0.717, 1.165) is 0 Å². The van der Waals surface area contributed by atoms with E-state index >= 15 is 0 Å². The van der Waals surface area contributed by atoms with Crippen molar-refractivity contribution in [1.29, 1.82) is 0 Å². The SMILES string of the molecule is CCCCCCCn1cc[n+](C(C)CCCC)c1C(C)C. The molecule has 0 bridgehead atoms. The molecule has 0 saturated carbocycles. The van der Waals surface area contributed by atoms with Gasteiger partial charge in [-0.05, 0) is 32.6 Å². The second-order valence-electron chi connectivity index (χ2n) is 6.82. The Morgan fingerprint density at radius 3 is 2.24 bits per heavy atom. The van der Waals surface area contributed by atoms with Gasteiger partial charge in [-0.1, -0.05) is 53.4 Å². The Hall–Kier alpha value is -0.790. The molecule has 2 nitrogen and oxygen atoms in total. The van der Waals surface area contributed by atoms with Crippen LogP contribution < -0.4 is 4.57 Å². The number of aromatic nitrogens is 2. The lowest BCUT2D eigenvalue weighted by atomic mass is 10.1. The summed E-state index contributed by atoms with van der Waals surface area (Å²) in [5, 5.41) is 0. The number of rotatable bonds is 11. The molecular weight excluding hydrogens is 256 g/mol. The minimum absolute atomic E-state index is 0.597. The maximum atomic E-state index is 2.52. The summed E-state index contributed by atoms with van der Waals surface area (Å²) >= 11 is 0. The lowest BCUT2D eigenvalue weighted by molar-refractivity contribution is -0.727. The monoisotopic (exact) mass is 293 g/mol. The Balaban J connectivity index is 2.65. The largest absolute Gasteiger partial charge is 0.259 e. The molecule has 1 aromatic heterocycles. The van der Waals surface area contributed by atoms with Gasteiger partial charge in [0.15, 0.2) is 0 Å². The molecular formula is C19H37N2+. The van der Waals surface area contributed by atoms with Crippen molar-refractivity contribution in [2.45, 2.75) is 104 Å². The average Bonchev–Trinajstić information content (AvgIpc) is 2.88. The fourth-order valence-corrected chi connectivity index (χ4v) is 3.17. The van der Waals surface area contributed by atoms with Crippen LogP contribution in [0.4, 0.5) is 0 Å². The number of imidazole rings is 1. The van der Waals surface area contributed by atoms with Gasteiger partial charge in [0.05, 0.1) is 18.5 Å². The van der Waals surface area contributed by atoms with Crippen LogP contribution in [-0.2, 0) is 6.54 Å². The van der Waals surface area contributed by atoms with E-state index in [2.05, 4.69) is 56.1 Å². The third kappa shape index (κ3) is 5.84. The van der Waals surface area contributed by atoms with Crippen molar-refractivity contribution < 1.29 is 4.57 Å². The molecule has 0 radical (unpaired) electrons. The molecule has 1 heterocycles. The highest BCUT2D eigenvalue weighted by atomic mass is 15.2. The maximum absolute atomic E-state index is 2.52. The Morgan fingerprint density at radius 2 is 1.62 bits per heavy atom. The highest BCUT2D eigenvalue weighted by Crippen LogP contribution is 2.17. The number of hydrogen-bond acceptors (Lipinski definition) is 0. The van der Waals surface area contributed by atoms with E-state index in [1.54, 1.807) is 0 Å². The van der Waals surface area contributed by atoms with Gasteiger partial charge >= 0.3 is 0 Å². The average molecular weight is 294 g/mol. The Morgan fingerprint density at radius 1 is 0.952 bits per heavy atom. The fraction of sp³-hybridized carbons (Fsp3) is 0.842. The zero-order valence-electron chi connectivity index (χ0n) is 15.1. The number of unbranched alkanes of at least 4 members (excludes halogenated alkanes) is 5. The molecule has 1 rings (SSSR count). The summed E-state index contributed by atoms with van der Waals surface area (Å²) in [5.41, 5.74) is 0. The fourth-order valence-electron chi connectivity index (χ4n) is 3.17. The summed E-state index contributed by atoms with van der Waals surface area (Å²) in [6.45, 7) is 12.8. The second-order valence-corrected chi connectivity index (χ2v) is 6.82. The van der Waals surface area contributed by atoms with Gasteiger partial charge in [0.2, 0.25) is 0 Å². The Bertz CT molecular complexity index is 379. The van der Waals surface area contributed by atoms with Crippen LogP contribution >= 0.6 is 0 Å². The van der Waals surface area contributed by atoms with Gasteiger partial charge in [-0.3, -0.25) is 0 Å².